The summed E-state index contributed by atoms with van der Waals surface area (Å²) in [7, 11) is 0. The second kappa shape index (κ2) is 9.41. The van der Waals surface area contributed by atoms with Gasteiger partial charge >= 0.3 is 0 Å². The maximum atomic E-state index is 13.8. The summed E-state index contributed by atoms with van der Waals surface area (Å²) >= 11 is 0. The molecule has 172 valence electrons. The predicted octanol–water partition coefficient (Wildman–Crippen LogP) is 4.06. The highest BCUT2D eigenvalue weighted by Gasteiger charge is 2.20. The Balaban J connectivity index is 1.85. The van der Waals surface area contributed by atoms with E-state index in [9.17, 15) is 18.7 Å². The number of benzene rings is 1. The summed E-state index contributed by atoms with van der Waals surface area (Å²) in [5.74, 6) is 4.14. The molecule has 1 aromatic carbocycles. The van der Waals surface area contributed by atoms with Crippen LogP contribution >= 0.6 is 0 Å². The van der Waals surface area contributed by atoms with Crippen molar-refractivity contribution in [2.75, 3.05) is 0 Å². The standard InChI is InChI=1S/C26H22F2N4O2/c1-26(2,34)7-5-21-3-4-22(18-12-17-6-8-29-25(17)30-14-18)24(32-21)23(31-15-33)11-16-9-19(27)13-20(28)10-16/h3-4,6,8-10,12-15,23,34H,11H2,1-2H3,(H,29,30)(H,31,33). The highest BCUT2D eigenvalue weighted by molar-refractivity contribution is 5.82. The van der Waals surface area contributed by atoms with Gasteiger partial charge in [-0.1, -0.05) is 5.92 Å². The van der Waals surface area contributed by atoms with Gasteiger partial charge in [0.25, 0.3) is 0 Å². The van der Waals surface area contributed by atoms with E-state index >= 15 is 0 Å². The monoisotopic (exact) mass is 460 g/mol. The lowest BCUT2D eigenvalue weighted by Gasteiger charge is -2.20. The topological polar surface area (TPSA) is 90.9 Å². The summed E-state index contributed by atoms with van der Waals surface area (Å²) in [4.78, 5) is 23.6. The summed E-state index contributed by atoms with van der Waals surface area (Å²) in [5, 5.41) is 13.6. The third-order valence-electron chi connectivity index (χ3n) is 5.09. The van der Waals surface area contributed by atoms with Crippen molar-refractivity contribution < 1.29 is 18.7 Å². The fraction of sp³-hybridized carbons (Fsp3) is 0.192. The Morgan fingerprint density at radius 2 is 1.94 bits per heavy atom. The number of amides is 1. The van der Waals surface area contributed by atoms with Gasteiger partial charge in [0, 0.05) is 35.0 Å². The fourth-order valence-corrected chi connectivity index (χ4v) is 3.64. The average Bonchev–Trinajstić information content (AvgIpc) is 3.24. The average molecular weight is 460 g/mol. The van der Waals surface area contributed by atoms with Crippen LogP contribution in [0.1, 0.15) is 36.8 Å². The van der Waals surface area contributed by atoms with Gasteiger partial charge in [-0.05, 0) is 68.2 Å². The van der Waals surface area contributed by atoms with Crippen molar-refractivity contribution in [3.8, 4) is 23.0 Å². The number of aromatic nitrogens is 3. The quantitative estimate of drug-likeness (QED) is 0.299. The smallest absolute Gasteiger partial charge is 0.207 e. The third-order valence-corrected chi connectivity index (χ3v) is 5.09. The number of nitrogens with one attached hydrogen (secondary N) is 2. The molecule has 1 unspecified atom stereocenters. The van der Waals surface area contributed by atoms with Crippen LogP contribution in [0, 0.1) is 23.5 Å². The van der Waals surface area contributed by atoms with E-state index in [4.69, 9.17) is 0 Å². The molecule has 4 rings (SSSR count). The number of H-pyrrole nitrogens is 1. The van der Waals surface area contributed by atoms with Crippen molar-refractivity contribution in [3.63, 3.8) is 0 Å². The van der Waals surface area contributed by atoms with Crippen molar-refractivity contribution in [1.82, 2.24) is 20.3 Å². The Labute approximate surface area is 195 Å². The fourth-order valence-electron chi connectivity index (χ4n) is 3.64. The largest absolute Gasteiger partial charge is 0.378 e. The number of hydrogen-bond acceptors (Lipinski definition) is 4. The lowest BCUT2D eigenvalue weighted by Crippen LogP contribution is -2.24. The minimum Gasteiger partial charge on any atom is -0.378 e. The molecule has 8 heteroatoms. The number of hydrogen-bond donors (Lipinski definition) is 3. The van der Waals surface area contributed by atoms with E-state index in [0.29, 0.717) is 28.9 Å². The normalized spacial score (nSPS) is 12.1. The number of carbonyl (C=O) groups is 1. The molecule has 6 nitrogen and oxygen atoms in total. The molecule has 3 aromatic heterocycles. The number of aliphatic hydroxyl groups is 1. The van der Waals surface area contributed by atoms with E-state index < -0.39 is 23.3 Å². The van der Waals surface area contributed by atoms with Gasteiger partial charge in [-0.15, -0.1) is 0 Å². The molecule has 0 aliphatic heterocycles. The number of nitrogens with zero attached hydrogens (tertiary/aromatic N) is 2. The molecule has 3 N–H and O–H groups in total. The van der Waals surface area contributed by atoms with E-state index in [2.05, 4.69) is 32.1 Å². The molecule has 0 saturated carbocycles. The first-order valence-corrected chi connectivity index (χ1v) is 10.6. The van der Waals surface area contributed by atoms with Crippen LogP contribution in [-0.4, -0.2) is 32.1 Å². The molecule has 0 spiro atoms. The molecule has 0 fully saturated rings. The molecular weight excluding hydrogens is 438 g/mol. The number of pyridine rings is 2. The van der Waals surface area contributed by atoms with Crippen LogP contribution in [0.4, 0.5) is 8.78 Å². The molecule has 4 aromatic rings. The Kier molecular flexibility index (Phi) is 6.39. The molecule has 0 saturated heterocycles. The number of rotatable bonds is 6. The predicted molar refractivity (Wildman–Crippen MR) is 125 cm³/mol. The van der Waals surface area contributed by atoms with Crippen LogP contribution in [-0.2, 0) is 11.2 Å². The molecule has 0 bridgehead atoms. The minimum atomic E-state index is -1.22. The van der Waals surface area contributed by atoms with Crippen molar-refractivity contribution in [3.05, 3.63) is 83.4 Å². The Hall–Kier alpha value is -4.09. The van der Waals surface area contributed by atoms with E-state index in [1.165, 1.54) is 12.1 Å². The van der Waals surface area contributed by atoms with Gasteiger partial charge < -0.3 is 15.4 Å². The van der Waals surface area contributed by atoms with Gasteiger partial charge in [0.05, 0.1) is 11.7 Å². The van der Waals surface area contributed by atoms with E-state index in [-0.39, 0.29) is 6.42 Å². The Morgan fingerprint density at radius 1 is 1.18 bits per heavy atom. The zero-order valence-corrected chi connectivity index (χ0v) is 18.6. The molecule has 0 aliphatic carbocycles. The Bertz CT molecular complexity index is 1390. The van der Waals surface area contributed by atoms with Crippen LogP contribution in [0.2, 0.25) is 0 Å². The van der Waals surface area contributed by atoms with Crippen molar-refractivity contribution in [2.24, 2.45) is 0 Å². The first-order chi connectivity index (χ1) is 16.2. The lowest BCUT2D eigenvalue weighted by molar-refractivity contribution is -0.110. The molecule has 0 aliphatic rings. The molecule has 34 heavy (non-hydrogen) atoms. The first-order valence-electron chi connectivity index (χ1n) is 10.6. The van der Waals surface area contributed by atoms with Gasteiger partial charge in [-0.25, -0.2) is 18.7 Å². The maximum Gasteiger partial charge on any atom is 0.207 e. The molecule has 0 radical (unpaired) electrons. The Morgan fingerprint density at radius 3 is 2.65 bits per heavy atom. The van der Waals surface area contributed by atoms with Crippen LogP contribution in [0.3, 0.4) is 0 Å². The number of carbonyl (C=O) groups excluding carboxylic acids is 1. The summed E-state index contributed by atoms with van der Waals surface area (Å²) in [6, 6.07) is 9.84. The number of halogens is 2. The van der Waals surface area contributed by atoms with Crippen molar-refractivity contribution >= 4 is 17.4 Å². The molecule has 1 amide bonds. The number of aromatic amines is 1. The minimum absolute atomic E-state index is 0.0929. The SMILES string of the molecule is CC(C)(O)C#Cc1ccc(-c2cnc3[nH]ccc3c2)c(C(Cc2cc(F)cc(F)c2)NC=O)n1. The summed E-state index contributed by atoms with van der Waals surface area (Å²) in [6.45, 7) is 3.12. The summed E-state index contributed by atoms with van der Waals surface area (Å²) < 4.78 is 27.6. The van der Waals surface area contributed by atoms with E-state index in [1.54, 1.807) is 38.4 Å². The second-order valence-electron chi connectivity index (χ2n) is 8.40. The number of fused-ring (bicyclic) bond motifs is 1. The second-order valence-corrected chi connectivity index (χ2v) is 8.40. The highest BCUT2D eigenvalue weighted by Crippen LogP contribution is 2.30. The lowest BCUT2D eigenvalue weighted by atomic mass is 9.95. The van der Waals surface area contributed by atoms with Crippen LogP contribution in [0.15, 0.2) is 54.9 Å². The zero-order chi connectivity index (χ0) is 24.3. The van der Waals surface area contributed by atoms with E-state index in [0.717, 1.165) is 22.7 Å². The van der Waals surface area contributed by atoms with Crippen LogP contribution in [0.25, 0.3) is 22.2 Å². The van der Waals surface area contributed by atoms with Gasteiger partial charge in [0.2, 0.25) is 6.41 Å². The molecule has 3 heterocycles. The molecule has 1 atom stereocenters. The summed E-state index contributed by atoms with van der Waals surface area (Å²) in [5.41, 5.74) is 2.13. The van der Waals surface area contributed by atoms with Crippen LogP contribution in [0.5, 0.6) is 0 Å². The highest BCUT2D eigenvalue weighted by atomic mass is 19.1. The van der Waals surface area contributed by atoms with Gasteiger partial charge in [0.1, 0.15) is 28.6 Å². The summed E-state index contributed by atoms with van der Waals surface area (Å²) in [6.07, 6.45) is 4.08. The van der Waals surface area contributed by atoms with Crippen molar-refractivity contribution in [1.29, 1.82) is 0 Å². The zero-order valence-electron chi connectivity index (χ0n) is 18.6. The van der Waals surface area contributed by atoms with Crippen molar-refractivity contribution in [2.45, 2.75) is 31.9 Å². The molecular formula is C26H22F2N4O2. The van der Waals surface area contributed by atoms with Gasteiger partial charge in [0.15, 0.2) is 0 Å². The maximum absolute atomic E-state index is 13.8. The van der Waals surface area contributed by atoms with Gasteiger partial charge in [-0.2, -0.15) is 0 Å². The van der Waals surface area contributed by atoms with E-state index in [1.807, 2.05) is 12.1 Å². The van der Waals surface area contributed by atoms with Gasteiger partial charge in [-0.3, -0.25) is 4.79 Å². The third kappa shape index (κ3) is 5.45. The van der Waals surface area contributed by atoms with Crippen LogP contribution < -0.4 is 5.32 Å². The first kappa shape index (κ1) is 23.1.